The first-order valence-corrected chi connectivity index (χ1v) is 6.37. The minimum atomic E-state index is 0.403. The van der Waals surface area contributed by atoms with Gasteiger partial charge in [0.15, 0.2) is 0 Å². The SMILES string of the molecule is CCCOCCCNc1cc(Cl)nc2ncnn12. The molecular formula is C11H16ClN5O. The van der Waals surface area contributed by atoms with E-state index in [4.69, 9.17) is 16.3 Å². The van der Waals surface area contributed by atoms with Crippen molar-refractivity contribution < 1.29 is 4.74 Å². The summed E-state index contributed by atoms with van der Waals surface area (Å²) in [6.07, 6.45) is 3.43. The summed E-state index contributed by atoms with van der Waals surface area (Å²) in [6.45, 7) is 4.45. The van der Waals surface area contributed by atoms with E-state index in [-0.39, 0.29) is 0 Å². The summed E-state index contributed by atoms with van der Waals surface area (Å²) in [7, 11) is 0. The van der Waals surface area contributed by atoms with E-state index in [1.807, 2.05) is 0 Å². The monoisotopic (exact) mass is 269 g/mol. The number of aromatic nitrogens is 4. The molecule has 0 radical (unpaired) electrons. The predicted octanol–water partition coefficient (Wildman–Crippen LogP) is 2.01. The molecule has 0 aliphatic heterocycles. The van der Waals surface area contributed by atoms with Gasteiger partial charge in [0.25, 0.3) is 5.78 Å². The average molecular weight is 270 g/mol. The van der Waals surface area contributed by atoms with E-state index in [1.54, 1.807) is 10.6 Å². The Bertz CT molecular complexity index is 501. The zero-order valence-electron chi connectivity index (χ0n) is 10.3. The molecule has 2 heterocycles. The van der Waals surface area contributed by atoms with Crippen LogP contribution < -0.4 is 5.32 Å². The fourth-order valence-corrected chi connectivity index (χ4v) is 1.73. The van der Waals surface area contributed by atoms with E-state index >= 15 is 0 Å². The van der Waals surface area contributed by atoms with Crippen LogP contribution >= 0.6 is 11.6 Å². The van der Waals surface area contributed by atoms with Crippen LogP contribution in [0.2, 0.25) is 5.15 Å². The molecule has 0 aliphatic rings. The van der Waals surface area contributed by atoms with Crippen molar-refractivity contribution in [3.05, 3.63) is 17.5 Å². The average Bonchev–Trinajstić information content (AvgIpc) is 2.81. The van der Waals surface area contributed by atoms with Crippen LogP contribution in [-0.2, 0) is 4.74 Å². The molecule has 0 aromatic carbocycles. The maximum atomic E-state index is 5.91. The Hall–Kier alpha value is -1.40. The molecule has 1 N–H and O–H groups in total. The van der Waals surface area contributed by atoms with Crippen molar-refractivity contribution in [2.45, 2.75) is 19.8 Å². The standard InChI is InChI=1S/C11H16ClN5O/c1-2-5-18-6-3-4-13-10-7-9(12)16-11-14-8-15-17(10)11/h7-8,13H,2-6H2,1H3. The van der Waals surface area contributed by atoms with Crippen molar-refractivity contribution in [3.63, 3.8) is 0 Å². The van der Waals surface area contributed by atoms with E-state index < -0.39 is 0 Å². The summed E-state index contributed by atoms with van der Waals surface area (Å²) in [4.78, 5) is 8.06. The van der Waals surface area contributed by atoms with E-state index in [2.05, 4.69) is 27.3 Å². The summed E-state index contributed by atoms with van der Waals surface area (Å²) >= 11 is 5.91. The molecule has 0 bridgehead atoms. The van der Waals surface area contributed by atoms with Crippen LogP contribution in [0.1, 0.15) is 19.8 Å². The van der Waals surface area contributed by atoms with Crippen molar-refractivity contribution in [1.29, 1.82) is 0 Å². The third-order valence-corrected chi connectivity index (χ3v) is 2.53. The quantitative estimate of drug-likeness (QED) is 0.615. The van der Waals surface area contributed by atoms with Gasteiger partial charge in [0.05, 0.1) is 0 Å². The Morgan fingerprint density at radius 3 is 3.17 bits per heavy atom. The molecule has 2 aromatic rings. The zero-order chi connectivity index (χ0) is 12.8. The normalized spacial score (nSPS) is 11.0. The lowest BCUT2D eigenvalue weighted by atomic mass is 10.4. The first kappa shape index (κ1) is 13.0. The highest BCUT2D eigenvalue weighted by atomic mass is 35.5. The van der Waals surface area contributed by atoms with Crippen molar-refractivity contribution in [3.8, 4) is 0 Å². The minimum Gasteiger partial charge on any atom is -0.381 e. The Morgan fingerprint density at radius 2 is 2.33 bits per heavy atom. The van der Waals surface area contributed by atoms with Crippen LogP contribution in [-0.4, -0.2) is 39.3 Å². The summed E-state index contributed by atoms with van der Waals surface area (Å²) in [5, 5.41) is 7.73. The number of hydrogen-bond donors (Lipinski definition) is 1. The van der Waals surface area contributed by atoms with E-state index in [0.29, 0.717) is 10.9 Å². The van der Waals surface area contributed by atoms with Gasteiger partial charge in [0.2, 0.25) is 0 Å². The lowest BCUT2D eigenvalue weighted by Gasteiger charge is -2.08. The largest absolute Gasteiger partial charge is 0.381 e. The van der Waals surface area contributed by atoms with Gasteiger partial charge in [-0.3, -0.25) is 0 Å². The molecule has 2 rings (SSSR count). The number of hydrogen-bond acceptors (Lipinski definition) is 5. The van der Waals surface area contributed by atoms with Gasteiger partial charge >= 0.3 is 0 Å². The number of anilines is 1. The van der Waals surface area contributed by atoms with Gasteiger partial charge in [-0.25, -0.2) is 0 Å². The van der Waals surface area contributed by atoms with Gasteiger partial charge in [-0.1, -0.05) is 18.5 Å². The number of fused-ring (bicyclic) bond motifs is 1. The molecule has 6 nitrogen and oxygen atoms in total. The van der Waals surface area contributed by atoms with Gasteiger partial charge < -0.3 is 10.1 Å². The number of nitrogens with zero attached hydrogens (tertiary/aromatic N) is 4. The van der Waals surface area contributed by atoms with Crippen molar-refractivity contribution in [2.24, 2.45) is 0 Å². The Labute approximate surface area is 110 Å². The second-order valence-electron chi connectivity index (χ2n) is 3.83. The molecule has 0 spiro atoms. The Kier molecular flexibility index (Phi) is 4.72. The second-order valence-corrected chi connectivity index (χ2v) is 4.22. The lowest BCUT2D eigenvalue weighted by Crippen LogP contribution is -2.10. The zero-order valence-corrected chi connectivity index (χ0v) is 11.0. The lowest BCUT2D eigenvalue weighted by molar-refractivity contribution is 0.134. The first-order chi connectivity index (χ1) is 8.81. The summed E-state index contributed by atoms with van der Waals surface area (Å²) in [5.41, 5.74) is 0. The van der Waals surface area contributed by atoms with Crippen LogP contribution in [0, 0.1) is 0 Å². The first-order valence-electron chi connectivity index (χ1n) is 5.99. The molecule has 0 aliphatic carbocycles. The molecule has 0 saturated carbocycles. The molecule has 0 amide bonds. The smallest absolute Gasteiger partial charge is 0.255 e. The predicted molar refractivity (Wildman–Crippen MR) is 70.0 cm³/mol. The van der Waals surface area contributed by atoms with Crippen LogP contribution in [0.4, 0.5) is 5.82 Å². The highest BCUT2D eigenvalue weighted by molar-refractivity contribution is 6.29. The molecular weight excluding hydrogens is 254 g/mol. The van der Waals surface area contributed by atoms with E-state index in [1.165, 1.54) is 6.33 Å². The summed E-state index contributed by atoms with van der Waals surface area (Å²) < 4.78 is 7.03. The van der Waals surface area contributed by atoms with Gasteiger partial charge in [-0.15, -0.1) is 0 Å². The van der Waals surface area contributed by atoms with Gasteiger partial charge in [-0.2, -0.15) is 19.6 Å². The van der Waals surface area contributed by atoms with Gasteiger partial charge in [0.1, 0.15) is 17.3 Å². The second kappa shape index (κ2) is 6.51. The van der Waals surface area contributed by atoms with Crippen LogP contribution in [0.25, 0.3) is 5.78 Å². The maximum absolute atomic E-state index is 5.91. The highest BCUT2D eigenvalue weighted by Gasteiger charge is 2.05. The topological polar surface area (TPSA) is 64.3 Å². The Balaban J connectivity index is 1.89. The molecule has 0 saturated heterocycles. The molecule has 7 heteroatoms. The number of ether oxygens (including phenoxy) is 1. The number of nitrogens with one attached hydrogen (secondary N) is 1. The number of halogens is 1. The molecule has 0 fully saturated rings. The number of rotatable bonds is 7. The van der Waals surface area contributed by atoms with Crippen molar-refractivity contribution >= 4 is 23.2 Å². The molecule has 0 atom stereocenters. The molecule has 0 unspecified atom stereocenters. The van der Waals surface area contributed by atoms with Crippen LogP contribution in [0.5, 0.6) is 0 Å². The fraction of sp³-hybridized carbons (Fsp3) is 0.545. The van der Waals surface area contributed by atoms with E-state index in [9.17, 15) is 0 Å². The van der Waals surface area contributed by atoms with Gasteiger partial charge in [-0.05, 0) is 12.8 Å². The van der Waals surface area contributed by atoms with Crippen molar-refractivity contribution in [1.82, 2.24) is 19.6 Å². The molecule has 98 valence electrons. The summed E-state index contributed by atoms with van der Waals surface area (Å²) in [6, 6.07) is 1.73. The van der Waals surface area contributed by atoms with Crippen LogP contribution in [0.15, 0.2) is 12.4 Å². The molecule has 18 heavy (non-hydrogen) atoms. The minimum absolute atomic E-state index is 0.403. The Morgan fingerprint density at radius 1 is 1.44 bits per heavy atom. The highest BCUT2D eigenvalue weighted by Crippen LogP contribution is 2.14. The van der Waals surface area contributed by atoms with Gasteiger partial charge in [0, 0.05) is 25.8 Å². The molecule has 2 aromatic heterocycles. The van der Waals surface area contributed by atoms with Crippen molar-refractivity contribution in [2.75, 3.05) is 25.1 Å². The van der Waals surface area contributed by atoms with E-state index in [0.717, 1.165) is 38.4 Å². The third kappa shape index (κ3) is 3.30. The van der Waals surface area contributed by atoms with Crippen LogP contribution in [0.3, 0.4) is 0 Å². The third-order valence-electron chi connectivity index (χ3n) is 2.34. The maximum Gasteiger partial charge on any atom is 0.255 e. The summed E-state index contributed by atoms with van der Waals surface area (Å²) in [5.74, 6) is 1.28. The fourth-order valence-electron chi connectivity index (χ4n) is 1.55.